The molecule has 3 rings (SSSR count). The lowest BCUT2D eigenvalue weighted by Crippen LogP contribution is -2.51. The van der Waals surface area contributed by atoms with E-state index in [9.17, 15) is 14.0 Å². The number of hydrogen-bond donors (Lipinski definition) is 1. The van der Waals surface area contributed by atoms with Crippen LogP contribution in [-0.4, -0.2) is 53.3 Å². The topological polar surface area (TPSA) is 66.6 Å². The minimum Gasteiger partial charge on any atom is -0.368 e. The van der Waals surface area contributed by atoms with Gasteiger partial charge in [0.05, 0.1) is 6.04 Å². The second kappa shape index (κ2) is 6.89. The predicted molar refractivity (Wildman–Crippen MR) is 89.0 cm³/mol. The van der Waals surface area contributed by atoms with Crippen LogP contribution in [0.15, 0.2) is 18.2 Å². The Kier molecular flexibility index (Phi) is 4.85. The highest BCUT2D eigenvalue weighted by atomic mass is 19.1. The molecule has 24 heavy (non-hydrogen) atoms. The van der Waals surface area contributed by atoms with Crippen LogP contribution in [0.4, 0.5) is 4.39 Å². The van der Waals surface area contributed by atoms with Gasteiger partial charge in [-0.25, -0.2) is 4.39 Å². The quantitative estimate of drug-likeness (QED) is 0.915. The summed E-state index contributed by atoms with van der Waals surface area (Å²) in [6.07, 6.45) is 3.47. The molecule has 130 valence electrons. The molecule has 0 radical (unpaired) electrons. The van der Waals surface area contributed by atoms with Gasteiger partial charge in [-0.05, 0) is 56.8 Å². The monoisotopic (exact) mass is 333 g/mol. The second-order valence-electron chi connectivity index (χ2n) is 6.79. The van der Waals surface area contributed by atoms with Gasteiger partial charge >= 0.3 is 0 Å². The fraction of sp³-hybridized carbons (Fsp3) is 0.556. The Hall–Kier alpha value is -1.95. The zero-order chi connectivity index (χ0) is 17.3. The van der Waals surface area contributed by atoms with Crippen molar-refractivity contribution >= 4 is 11.8 Å². The van der Waals surface area contributed by atoms with Gasteiger partial charge < -0.3 is 10.6 Å². The van der Waals surface area contributed by atoms with Crippen LogP contribution in [0.2, 0.25) is 0 Å². The van der Waals surface area contributed by atoms with Crippen molar-refractivity contribution in [3.8, 4) is 0 Å². The van der Waals surface area contributed by atoms with Gasteiger partial charge in [0.15, 0.2) is 0 Å². The van der Waals surface area contributed by atoms with E-state index < -0.39 is 0 Å². The van der Waals surface area contributed by atoms with Crippen LogP contribution in [0.25, 0.3) is 0 Å². The number of primary amides is 1. The number of benzene rings is 1. The molecule has 0 saturated carbocycles. The van der Waals surface area contributed by atoms with Crippen molar-refractivity contribution in [2.75, 3.05) is 19.6 Å². The van der Waals surface area contributed by atoms with Gasteiger partial charge in [-0.15, -0.1) is 0 Å². The van der Waals surface area contributed by atoms with Gasteiger partial charge in [-0.2, -0.15) is 0 Å². The molecule has 2 aliphatic heterocycles. The summed E-state index contributed by atoms with van der Waals surface area (Å²) in [5.74, 6) is -0.724. The maximum absolute atomic E-state index is 13.7. The second-order valence-corrected chi connectivity index (χ2v) is 6.79. The number of carbonyl (C=O) groups is 2. The van der Waals surface area contributed by atoms with Crippen LogP contribution in [0.5, 0.6) is 0 Å². The zero-order valence-corrected chi connectivity index (χ0v) is 14.0. The van der Waals surface area contributed by atoms with Crippen LogP contribution in [0.1, 0.15) is 41.6 Å². The molecule has 2 aliphatic rings. The third-order valence-corrected chi connectivity index (χ3v) is 5.26. The molecule has 0 unspecified atom stereocenters. The molecular weight excluding hydrogens is 309 g/mol. The molecule has 2 fully saturated rings. The van der Waals surface area contributed by atoms with Gasteiger partial charge in [-0.3, -0.25) is 14.5 Å². The number of carbonyl (C=O) groups excluding carboxylic acids is 2. The van der Waals surface area contributed by atoms with E-state index in [0.717, 1.165) is 32.2 Å². The van der Waals surface area contributed by atoms with E-state index in [1.807, 2.05) is 0 Å². The van der Waals surface area contributed by atoms with Gasteiger partial charge in [0.2, 0.25) is 5.91 Å². The van der Waals surface area contributed by atoms with E-state index in [0.29, 0.717) is 30.3 Å². The van der Waals surface area contributed by atoms with Crippen LogP contribution in [-0.2, 0) is 4.79 Å². The lowest BCUT2D eigenvalue weighted by molar-refractivity contribution is -0.123. The number of nitrogens with zero attached hydrogens (tertiary/aromatic N) is 2. The summed E-state index contributed by atoms with van der Waals surface area (Å²) in [5, 5.41) is 0. The first-order chi connectivity index (χ1) is 11.5. The van der Waals surface area contributed by atoms with E-state index >= 15 is 0 Å². The summed E-state index contributed by atoms with van der Waals surface area (Å²) < 4.78 is 13.7. The molecule has 0 spiro atoms. The van der Waals surface area contributed by atoms with Crippen molar-refractivity contribution in [2.45, 2.75) is 44.7 Å². The van der Waals surface area contributed by atoms with Crippen molar-refractivity contribution in [3.63, 3.8) is 0 Å². The molecule has 1 aromatic rings. The Morgan fingerprint density at radius 2 is 1.88 bits per heavy atom. The number of aryl methyl sites for hydroxylation is 1. The highest BCUT2D eigenvalue weighted by Crippen LogP contribution is 2.26. The fourth-order valence-electron chi connectivity index (χ4n) is 3.84. The fourth-order valence-corrected chi connectivity index (χ4v) is 3.84. The van der Waals surface area contributed by atoms with Crippen molar-refractivity contribution in [1.82, 2.24) is 9.80 Å². The molecule has 1 aromatic carbocycles. The van der Waals surface area contributed by atoms with E-state index in [1.165, 1.54) is 6.07 Å². The lowest BCUT2D eigenvalue weighted by atomic mass is 10.0. The number of halogens is 1. The van der Waals surface area contributed by atoms with Crippen LogP contribution < -0.4 is 5.73 Å². The summed E-state index contributed by atoms with van der Waals surface area (Å²) >= 11 is 0. The van der Waals surface area contributed by atoms with Crippen molar-refractivity contribution in [3.05, 3.63) is 35.1 Å². The Morgan fingerprint density at radius 3 is 2.50 bits per heavy atom. The first kappa shape index (κ1) is 16.9. The smallest absolute Gasteiger partial charge is 0.253 e. The van der Waals surface area contributed by atoms with Crippen LogP contribution in [0.3, 0.4) is 0 Å². The summed E-state index contributed by atoms with van der Waals surface area (Å²) in [4.78, 5) is 28.1. The first-order valence-electron chi connectivity index (χ1n) is 8.58. The number of nitrogens with two attached hydrogens (primary N) is 1. The summed E-state index contributed by atoms with van der Waals surface area (Å²) in [7, 11) is 0. The Morgan fingerprint density at radius 1 is 1.17 bits per heavy atom. The predicted octanol–water partition coefficient (Wildman–Crippen LogP) is 1.69. The third-order valence-electron chi connectivity index (χ3n) is 5.26. The van der Waals surface area contributed by atoms with Gasteiger partial charge in [0.1, 0.15) is 5.82 Å². The number of amides is 2. The zero-order valence-electron chi connectivity index (χ0n) is 14.0. The molecule has 0 aliphatic carbocycles. The summed E-state index contributed by atoms with van der Waals surface area (Å²) in [6, 6.07) is 4.76. The average molecular weight is 333 g/mol. The average Bonchev–Trinajstić information content (AvgIpc) is 3.07. The van der Waals surface area contributed by atoms with Gasteiger partial charge in [-0.1, -0.05) is 6.07 Å². The number of rotatable bonds is 3. The molecule has 5 nitrogen and oxygen atoms in total. The van der Waals surface area contributed by atoms with E-state index in [2.05, 4.69) is 4.90 Å². The summed E-state index contributed by atoms with van der Waals surface area (Å²) in [6.45, 7) is 3.83. The van der Waals surface area contributed by atoms with Crippen molar-refractivity contribution < 1.29 is 14.0 Å². The highest BCUT2D eigenvalue weighted by Gasteiger charge is 2.36. The van der Waals surface area contributed by atoms with Crippen molar-refractivity contribution in [1.29, 1.82) is 0 Å². The molecule has 2 amide bonds. The normalized spacial score (nSPS) is 22.8. The maximum Gasteiger partial charge on any atom is 0.253 e. The molecule has 1 atom stereocenters. The van der Waals surface area contributed by atoms with E-state index in [-0.39, 0.29) is 23.7 Å². The minimum atomic E-state index is -0.350. The Labute approximate surface area is 141 Å². The Bertz CT molecular complexity index is 641. The van der Waals surface area contributed by atoms with E-state index in [4.69, 9.17) is 5.73 Å². The molecule has 2 saturated heterocycles. The number of piperidine rings is 1. The van der Waals surface area contributed by atoms with Crippen molar-refractivity contribution in [2.24, 2.45) is 5.73 Å². The number of likely N-dealkylation sites (tertiary alicyclic amines) is 2. The van der Waals surface area contributed by atoms with Gasteiger partial charge in [0.25, 0.3) is 5.91 Å². The Balaban J connectivity index is 1.61. The highest BCUT2D eigenvalue weighted by molar-refractivity contribution is 5.94. The summed E-state index contributed by atoms with van der Waals surface area (Å²) in [5.41, 5.74) is 6.43. The molecule has 2 heterocycles. The maximum atomic E-state index is 13.7. The molecule has 2 N–H and O–H groups in total. The number of hydrogen-bond acceptors (Lipinski definition) is 3. The lowest BCUT2D eigenvalue weighted by Gasteiger charge is -2.38. The molecular formula is C18H24FN3O2. The largest absolute Gasteiger partial charge is 0.368 e. The standard InChI is InChI=1S/C18H24FN3O2/c1-12-4-5-13(11-15(12)19)18(24)21-9-6-14(7-10-21)22-8-2-3-16(22)17(20)23/h4-5,11,14,16H,2-3,6-10H2,1H3,(H2,20,23)/t16-/m1/s1. The molecule has 0 bridgehead atoms. The van der Waals surface area contributed by atoms with Crippen LogP contribution >= 0.6 is 0 Å². The SMILES string of the molecule is Cc1ccc(C(=O)N2CCC(N3CCC[C@@H]3C(N)=O)CC2)cc1F. The minimum absolute atomic E-state index is 0.125. The third kappa shape index (κ3) is 3.29. The first-order valence-corrected chi connectivity index (χ1v) is 8.58. The van der Waals surface area contributed by atoms with Crippen LogP contribution in [0, 0.1) is 12.7 Å². The van der Waals surface area contributed by atoms with E-state index in [1.54, 1.807) is 24.0 Å². The van der Waals surface area contributed by atoms with Gasteiger partial charge in [0, 0.05) is 24.7 Å². The molecule has 6 heteroatoms. The molecule has 0 aromatic heterocycles.